The van der Waals surface area contributed by atoms with Crippen molar-refractivity contribution in [3.63, 3.8) is 0 Å². The van der Waals surface area contributed by atoms with E-state index in [0.29, 0.717) is 17.9 Å². The van der Waals surface area contributed by atoms with Gasteiger partial charge in [-0.05, 0) is 43.0 Å². The SMILES string of the molecule is CCCCCN1C(=O)C(=O)/C(=C(/O)c2cc(C)cc(C)c2OC)C1c1ccccc1. The van der Waals surface area contributed by atoms with Gasteiger partial charge in [-0.15, -0.1) is 0 Å². The number of likely N-dealkylation sites (tertiary alicyclic amines) is 1. The van der Waals surface area contributed by atoms with Gasteiger partial charge in [-0.25, -0.2) is 0 Å². The molecule has 0 bridgehead atoms. The Kier molecular flexibility index (Phi) is 6.60. The first kappa shape index (κ1) is 21.6. The maximum atomic E-state index is 13.1. The van der Waals surface area contributed by atoms with E-state index >= 15 is 0 Å². The van der Waals surface area contributed by atoms with E-state index in [1.54, 1.807) is 11.0 Å². The lowest BCUT2D eigenvalue weighted by molar-refractivity contribution is -0.139. The van der Waals surface area contributed by atoms with Gasteiger partial charge in [-0.3, -0.25) is 9.59 Å². The van der Waals surface area contributed by atoms with Crippen molar-refractivity contribution in [1.29, 1.82) is 0 Å². The molecule has 2 aromatic rings. The molecule has 3 rings (SSSR count). The Morgan fingerprint density at radius 2 is 1.80 bits per heavy atom. The van der Waals surface area contributed by atoms with Crippen LogP contribution in [0.5, 0.6) is 5.75 Å². The number of hydrogen-bond acceptors (Lipinski definition) is 4. The number of benzene rings is 2. The van der Waals surface area contributed by atoms with Crippen LogP contribution < -0.4 is 4.74 Å². The molecule has 0 aliphatic carbocycles. The van der Waals surface area contributed by atoms with E-state index in [-0.39, 0.29) is 11.3 Å². The summed E-state index contributed by atoms with van der Waals surface area (Å²) in [5.41, 5.74) is 3.14. The van der Waals surface area contributed by atoms with Gasteiger partial charge in [0.05, 0.1) is 24.3 Å². The third-order valence-corrected chi connectivity index (χ3v) is 5.54. The van der Waals surface area contributed by atoms with Crippen molar-refractivity contribution in [1.82, 2.24) is 4.90 Å². The first-order chi connectivity index (χ1) is 14.4. The molecule has 5 heteroatoms. The molecule has 0 aromatic heterocycles. The lowest BCUT2D eigenvalue weighted by Crippen LogP contribution is -2.30. The molecule has 0 spiro atoms. The molecule has 5 nitrogen and oxygen atoms in total. The number of aliphatic hydroxyl groups is 1. The van der Waals surface area contributed by atoms with E-state index in [2.05, 4.69) is 6.92 Å². The summed E-state index contributed by atoms with van der Waals surface area (Å²) in [4.78, 5) is 27.6. The second-order valence-corrected chi connectivity index (χ2v) is 7.77. The molecule has 1 unspecified atom stereocenters. The Balaban J connectivity index is 2.20. The van der Waals surface area contributed by atoms with Gasteiger partial charge in [0.25, 0.3) is 11.7 Å². The second kappa shape index (κ2) is 9.16. The van der Waals surface area contributed by atoms with Gasteiger partial charge < -0.3 is 14.7 Å². The van der Waals surface area contributed by atoms with Crippen molar-refractivity contribution in [3.8, 4) is 5.75 Å². The fourth-order valence-electron chi connectivity index (χ4n) is 4.17. The maximum Gasteiger partial charge on any atom is 0.295 e. The fraction of sp³-hybridized carbons (Fsp3) is 0.360. The zero-order chi connectivity index (χ0) is 21.8. The van der Waals surface area contributed by atoms with Crippen LogP contribution in [0, 0.1) is 13.8 Å². The van der Waals surface area contributed by atoms with Crippen molar-refractivity contribution in [2.75, 3.05) is 13.7 Å². The molecule has 0 saturated carbocycles. The van der Waals surface area contributed by atoms with Crippen molar-refractivity contribution in [2.45, 2.75) is 46.1 Å². The Hall–Kier alpha value is -3.08. The number of methoxy groups -OCH3 is 1. The summed E-state index contributed by atoms with van der Waals surface area (Å²) in [6.07, 6.45) is 2.79. The maximum absolute atomic E-state index is 13.1. The third-order valence-electron chi connectivity index (χ3n) is 5.54. The standard InChI is InChI=1S/C25H29NO4/c1-5-6-10-13-26-21(18-11-8-7-9-12-18)20(23(28)25(26)29)22(27)19-15-16(2)14-17(3)24(19)30-4/h7-9,11-12,14-15,21,27H,5-6,10,13H2,1-4H3/b22-20+. The summed E-state index contributed by atoms with van der Waals surface area (Å²) in [6.45, 7) is 6.37. The van der Waals surface area contributed by atoms with Crippen molar-refractivity contribution >= 4 is 17.4 Å². The molecule has 1 atom stereocenters. The number of aryl methyl sites for hydroxylation is 2. The topological polar surface area (TPSA) is 66.8 Å². The van der Waals surface area contributed by atoms with Crippen LogP contribution in [0.2, 0.25) is 0 Å². The zero-order valence-electron chi connectivity index (χ0n) is 18.1. The number of amides is 1. The van der Waals surface area contributed by atoms with Crippen LogP contribution in [-0.4, -0.2) is 35.4 Å². The van der Waals surface area contributed by atoms with Crippen LogP contribution >= 0.6 is 0 Å². The van der Waals surface area contributed by atoms with Crippen LogP contribution in [0.1, 0.15) is 54.5 Å². The monoisotopic (exact) mass is 407 g/mol. The normalized spacial score (nSPS) is 18.1. The quantitative estimate of drug-likeness (QED) is 0.306. The van der Waals surface area contributed by atoms with Crippen LogP contribution in [-0.2, 0) is 9.59 Å². The first-order valence-electron chi connectivity index (χ1n) is 10.4. The van der Waals surface area contributed by atoms with Gasteiger partial charge in [0.2, 0.25) is 0 Å². The van der Waals surface area contributed by atoms with Gasteiger partial charge in [-0.2, -0.15) is 0 Å². The molecule has 1 N–H and O–H groups in total. The number of ether oxygens (including phenoxy) is 1. The van der Waals surface area contributed by atoms with E-state index in [0.717, 1.165) is 36.0 Å². The molecule has 1 aliphatic heterocycles. The number of Topliss-reactive ketones (excluding diaryl/α,β-unsaturated/α-hetero) is 1. The number of nitrogens with zero attached hydrogens (tertiary/aromatic N) is 1. The Morgan fingerprint density at radius 1 is 1.10 bits per heavy atom. The molecule has 1 fully saturated rings. The number of carbonyl (C=O) groups excluding carboxylic acids is 2. The number of unbranched alkanes of at least 4 members (excludes halogenated alkanes) is 2. The number of aliphatic hydroxyl groups excluding tert-OH is 1. The molecular formula is C25H29NO4. The van der Waals surface area contributed by atoms with Crippen LogP contribution in [0.25, 0.3) is 5.76 Å². The summed E-state index contributed by atoms with van der Waals surface area (Å²) < 4.78 is 5.52. The number of hydrogen-bond donors (Lipinski definition) is 1. The fourth-order valence-corrected chi connectivity index (χ4v) is 4.17. The highest BCUT2D eigenvalue weighted by molar-refractivity contribution is 6.46. The van der Waals surface area contributed by atoms with E-state index in [9.17, 15) is 14.7 Å². The predicted molar refractivity (Wildman–Crippen MR) is 117 cm³/mol. The van der Waals surface area contributed by atoms with E-state index in [1.165, 1.54) is 7.11 Å². The average Bonchev–Trinajstić information content (AvgIpc) is 2.98. The van der Waals surface area contributed by atoms with Crippen molar-refractivity contribution < 1.29 is 19.4 Å². The molecule has 1 amide bonds. The molecule has 2 aromatic carbocycles. The van der Waals surface area contributed by atoms with E-state index < -0.39 is 17.7 Å². The molecule has 1 saturated heterocycles. The number of carbonyl (C=O) groups is 2. The number of rotatable bonds is 7. The van der Waals surface area contributed by atoms with Crippen LogP contribution in [0.3, 0.4) is 0 Å². The molecule has 0 radical (unpaired) electrons. The van der Waals surface area contributed by atoms with Gasteiger partial charge in [0.1, 0.15) is 11.5 Å². The zero-order valence-corrected chi connectivity index (χ0v) is 18.1. The van der Waals surface area contributed by atoms with Gasteiger partial charge in [0, 0.05) is 6.54 Å². The smallest absolute Gasteiger partial charge is 0.295 e. The largest absolute Gasteiger partial charge is 0.507 e. The van der Waals surface area contributed by atoms with Crippen LogP contribution in [0.15, 0.2) is 48.0 Å². The number of ketones is 1. The first-order valence-corrected chi connectivity index (χ1v) is 10.4. The molecule has 30 heavy (non-hydrogen) atoms. The highest BCUT2D eigenvalue weighted by Gasteiger charge is 2.46. The van der Waals surface area contributed by atoms with Crippen molar-refractivity contribution in [2.24, 2.45) is 0 Å². The minimum Gasteiger partial charge on any atom is -0.507 e. The molecular weight excluding hydrogens is 378 g/mol. The summed E-state index contributed by atoms with van der Waals surface area (Å²) in [6, 6.07) is 12.5. The minimum atomic E-state index is -0.654. The summed E-state index contributed by atoms with van der Waals surface area (Å²) in [7, 11) is 1.53. The molecule has 158 valence electrons. The van der Waals surface area contributed by atoms with Crippen molar-refractivity contribution in [3.05, 3.63) is 70.3 Å². The molecule has 1 heterocycles. The Morgan fingerprint density at radius 3 is 2.43 bits per heavy atom. The lowest BCUT2D eigenvalue weighted by atomic mass is 9.93. The highest BCUT2D eigenvalue weighted by atomic mass is 16.5. The van der Waals surface area contributed by atoms with Gasteiger partial charge in [0.15, 0.2) is 0 Å². The summed E-state index contributed by atoms with van der Waals surface area (Å²) >= 11 is 0. The summed E-state index contributed by atoms with van der Waals surface area (Å²) in [5.74, 6) is -0.908. The summed E-state index contributed by atoms with van der Waals surface area (Å²) in [5, 5.41) is 11.3. The third kappa shape index (κ3) is 3.97. The average molecular weight is 408 g/mol. The molecule has 1 aliphatic rings. The van der Waals surface area contributed by atoms with Gasteiger partial charge in [-0.1, -0.05) is 56.2 Å². The van der Waals surface area contributed by atoms with E-state index in [1.807, 2.05) is 50.2 Å². The lowest BCUT2D eigenvalue weighted by Gasteiger charge is -2.25. The van der Waals surface area contributed by atoms with E-state index in [4.69, 9.17) is 4.74 Å². The van der Waals surface area contributed by atoms with Crippen LogP contribution in [0.4, 0.5) is 0 Å². The second-order valence-electron chi connectivity index (χ2n) is 7.77. The Labute approximate surface area is 178 Å². The Bertz CT molecular complexity index is 978. The predicted octanol–water partition coefficient (Wildman–Crippen LogP) is 4.92. The minimum absolute atomic E-state index is 0.117. The van der Waals surface area contributed by atoms with Gasteiger partial charge >= 0.3 is 0 Å². The highest BCUT2D eigenvalue weighted by Crippen LogP contribution is 2.41.